The van der Waals surface area contributed by atoms with Crippen molar-refractivity contribution in [2.75, 3.05) is 0 Å². The van der Waals surface area contributed by atoms with Crippen molar-refractivity contribution in [2.24, 2.45) is 0 Å². The molecular weight excluding hydrogens is 448 g/mol. The van der Waals surface area contributed by atoms with Crippen molar-refractivity contribution in [1.82, 2.24) is 4.98 Å². The van der Waals surface area contributed by atoms with Gasteiger partial charge >= 0.3 is 11.4 Å². The molecule has 2 aromatic carbocycles. The Hall–Kier alpha value is -3.42. The molecule has 0 amide bonds. The van der Waals surface area contributed by atoms with E-state index in [1.807, 2.05) is 30.3 Å². The van der Waals surface area contributed by atoms with Gasteiger partial charge in [0.15, 0.2) is 0 Å². The Balaban J connectivity index is 2.00. The van der Waals surface area contributed by atoms with Gasteiger partial charge in [-0.2, -0.15) is 5.26 Å². The monoisotopic (exact) mass is 456 g/mol. The number of nitro groups is 2. The van der Waals surface area contributed by atoms with Crippen molar-refractivity contribution >= 4 is 50.3 Å². The van der Waals surface area contributed by atoms with Gasteiger partial charge in [0.05, 0.1) is 21.1 Å². The maximum Gasteiger partial charge on any atom is 0.346 e. The molecule has 3 aromatic rings. The molecule has 8 nitrogen and oxygen atoms in total. The number of halogens is 1. The molecular formula is C18H9BrN4O4S. The van der Waals surface area contributed by atoms with E-state index in [2.05, 4.69) is 20.9 Å². The first-order valence-electron chi connectivity index (χ1n) is 7.65. The first kappa shape index (κ1) is 19.3. The maximum absolute atomic E-state index is 11.1. The molecule has 0 fully saturated rings. The number of rotatable bonds is 5. The lowest BCUT2D eigenvalue weighted by atomic mass is 10.1. The zero-order valence-electron chi connectivity index (χ0n) is 13.9. The molecule has 0 aliphatic carbocycles. The molecule has 138 valence electrons. The predicted molar refractivity (Wildman–Crippen MR) is 108 cm³/mol. The average Bonchev–Trinajstić information content (AvgIpc) is 3.15. The van der Waals surface area contributed by atoms with Gasteiger partial charge in [-0.25, -0.2) is 4.98 Å². The standard InChI is InChI=1S/C18H9BrN4O4S/c19-14-3-1-2-12(8-14)15-10-28-18(21-15)13(9-20)6-11-4-5-16(22(24)25)17(7-11)23(26)27/h1-8,10H/b13-6+. The Morgan fingerprint density at radius 1 is 1.14 bits per heavy atom. The summed E-state index contributed by atoms with van der Waals surface area (Å²) in [4.78, 5) is 24.8. The number of nitro benzene ring substituents is 2. The lowest BCUT2D eigenvalue weighted by Gasteiger charge is -1.99. The van der Waals surface area contributed by atoms with E-state index in [-0.39, 0.29) is 5.57 Å². The van der Waals surface area contributed by atoms with Gasteiger partial charge in [-0.1, -0.05) is 28.1 Å². The van der Waals surface area contributed by atoms with E-state index in [1.54, 1.807) is 5.38 Å². The van der Waals surface area contributed by atoms with Crippen LogP contribution in [0.4, 0.5) is 11.4 Å². The van der Waals surface area contributed by atoms with Crippen LogP contribution in [0.5, 0.6) is 0 Å². The molecule has 0 unspecified atom stereocenters. The van der Waals surface area contributed by atoms with Crippen molar-refractivity contribution in [3.05, 3.63) is 83.1 Å². The van der Waals surface area contributed by atoms with E-state index in [0.717, 1.165) is 22.2 Å². The van der Waals surface area contributed by atoms with Gasteiger partial charge in [0.1, 0.15) is 11.1 Å². The first-order valence-corrected chi connectivity index (χ1v) is 9.33. The third kappa shape index (κ3) is 4.11. The minimum atomic E-state index is -0.823. The lowest BCUT2D eigenvalue weighted by Crippen LogP contribution is -1.96. The number of hydrogen-bond acceptors (Lipinski definition) is 7. The molecule has 0 atom stereocenters. The average molecular weight is 457 g/mol. The third-order valence-electron chi connectivity index (χ3n) is 3.68. The normalized spacial score (nSPS) is 11.1. The summed E-state index contributed by atoms with van der Waals surface area (Å²) in [6, 6.07) is 13.0. The van der Waals surface area contributed by atoms with Crippen LogP contribution in [0.3, 0.4) is 0 Å². The minimum absolute atomic E-state index is 0.203. The molecule has 28 heavy (non-hydrogen) atoms. The second-order valence-corrected chi connectivity index (χ2v) is 7.25. The zero-order valence-corrected chi connectivity index (χ0v) is 16.3. The van der Waals surface area contributed by atoms with Gasteiger partial charge in [0.25, 0.3) is 0 Å². The van der Waals surface area contributed by atoms with Crippen molar-refractivity contribution in [3.8, 4) is 17.3 Å². The van der Waals surface area contributed by atoms with Crippen LogP contribution in [0.2, 0.25) is 0 Å². The number of hydrogen-bond donors (Lipinski definition) is 0. The van der Waals surface area contributed by atoms with E-state index < -0.39 is 21.2 Å². The van der Waals surface area contributed by atoms with Gasteiger partial charge in [0.2, 0.25) is 0 Å². The zero-order chi connectivity index (χ0) is 20.3. The summed E-state index contributed by atoms with van der Waals surface area (Å²) in [7, 11) is 0. The molecule has 3 rings (SSSR count). The summed E-state index contributed by atoms with van der Waals surface area (Å²) in [6.45, 7) is 0. The fourth-order valence-electron chi connectivity index (χ4n) is 2.42. The quantitative estimate of drug-likeness (QED) is 0.285. The number of benzene rings is 2. The van der Waals surface area contributed by atoms with Crippen molar-refractivity contribution < 1.29 is 9.85 Å². The number of thiazole rings is 1. The van der Waals surface area contributed by atoms with Crippen LogP contribution in [0.25, 0.3) is 22.9 Å². The summed E-state index contributed by atoms with van der Waals surface area (Å²) >= 11 is 4.66. The highest BCUT2D eigenvalue weighted by atomic mass is 79.9. The van der Waals surface area contributed by atoms with Crippen LogP contribution < -0.4 is 0 Å². The van der Waals surface area contributed by atoms with Gasteiger partial charge in [0, 0.05) is 27.5 Å². The summed E-state index contributed by atoms with van der Waals surface area (Å²) in [5.74, 6) is 0. The molecule has 0 spiro atoms. The highest BCUT2D eigenvalue weighted by Gasteiger charge is 2.24. The summed E-state index contributed by atoms with van der Waals surface area (Å²) in [5.41, 5.74) is 0.830. The van der Waals surface area contributed by atoms with E-state index >= 15 is 0 Å². The smallest absolute Gasteiger partial charge is 0.258 e. The van der Waals surface area contributed by atoms with Crippen LogP contribution in [0.15, 0.2) is 52.3 Å². The molecule has 0 N–H and O–H groups in total. The summed E-state index contributed by atoms with van der Waals surface area (Å²) < 4.78 is 0.897. The fourth-order valence-corrected chi connectivity index (χ4v) is 3.61. The van der Waals surface area contributed by atoms with Crippen LogP contribution >= 0.6 is 27.3 Å². The topological polar surface area (TPSA) is 123 Å². The molecule has 10 heteroatoms. The number of nitrogens with zero attached hydrogens (tertiary/aromatic N) is 4. The number of nitriles is 1. The van der Waals surface area contributed by atoms with Crippen LogP contribution in [0.1, 0.15) is 10.6 Å². The van der Waals surface area contributed by atoms with Gasteiger partial charge in [-0.15, -0.1) is 11.3 Å². The first-order chi connectivity index (χ1) is 13.4. The van der Waals surface area contributed by atoms with E-state index in [9.17, 15) is 25.5 Å². The largest absolute Gasteiger partial charge is 0.346 e. The Labute approximate surface area is 170 Å². The number of aromatic nitrogens is 1. The molecule has 1 heterocycles. The molecule has 0 aliphatic rings. The van der Waals surface area contributed by atoms with Crippen molar-refractivity contribution in [3.63, 3.8) is 0 Å². The summed E-state index contributed by atoms with van der Waals surface area (Å²) in [6.07, 6.45) is 1.42. The maximum atomic E-state index is 11.1. The van der Waals surface area contributed by atoms with E-state index in [0.29, 0.717) is 16.3 Å². The van der Waals surface area contributed by atoms with Gasteiger partial charge < -0.3 is 0 Å². The Morgan fingerprint density at radius 3 is 2.54 bits per heavy atom. The minimum Gasteiger partial charge on any atom is -0.258 e. The third-order valence-corrected chi connectivity index (χ3v) is 5.05. The van der Waals surface area contributed by atoms with Gasteiger partial charge in [-0.05, 0) is 29.8 Å². The van der Waals surface area contributed by atoms with Crippen molar-refractivity contribution in [2.45, 2.75) is 0 Å². The van der Waals surface area contributed by atoms with Crippen LogP contribution in [0, 0.1) is 31.6 Å². The molecule has 0 saturated heterocycles. The molecule has 1 aromatic heterocycles. The highest BCUT2D eigenvalue weighted by molar-refractivity contribution is 9.10. The van der Waals surface area contributed by atoms with E-state index in [1.165, 1.54) is 23.5 Å². The lowest BCUT2D eigenvalue weighted by molar-refractivity contribution is -0.422. The second-order valence-electron chi connectivity index (χ2n) is 5.48. The molecule has 0 radical (unpaired) electrons. The highest BCUT2D eigenvalue weighted by Crippen LogP contribution is 2.31. The fraction of sp³-hybridized carbons (Fsp3) is 0. The molecule has 0 aliphatic heterocycles. The van der Waals surface area contributed by atoms with E-state index in [4.69, 9.17) is 0 Å². The van der Waals surface area contributed by atoms with Gasteiger partial charge in [-0.3, -0.25) is 20.2 Å². The SMILES string of the molecule is N#C/C(=C\c1ccc([N+](=O)[O-])c([N+](=O)[O-])c1)c1nc(-c2cccc(Br)c2)cs1. The Kier molecular flexibility index (Phi) is 5.58. The van der Waals surface area contributed by atoms with Crippen molar-refractivity contribution in [1.29, 1.82) is 5.26 Å². The molecule has 0 saturated carbocycles. The molecule has 0 bridgehead atoms. The van der Waals surface area contributed by atoms with Crippen LogP contribution in [-0.4, -0.2) is 14.8 Å². The number of allylic oxidation sites excluding steroid dienone is 1. The predicted octanol–water partition coefficient (Wildman–Crippen LogP) is 5.45. The second kappa shape index (κ2) is 8.08. The Morgan fingerprint density at radius 2 is 1.89 bits per heavy atom. The summed E-state index contributed by atoms with van der Waals surface area (Å²) in [5, 5.41) is 33.7. The van der Waals surface area contributed by atoms with Crippen LogP contribution in [-0.2, 0) is 0 Å². The Bertz CT molecular complexity index is 1170.